The molecule has 0 radical (unpaired) electrons. The molecule has 1 atom stereocenters. The van der Waals surface area contributed by atoms with Crippen molar-refractivity contribution in [3.8, 4) is 11.5 Å². The van der Waals surface area contributed by atoms with Gasteiger partial charge in [-0.15, -0.1) is 0 Å². The van der Waals surface area contributed by atoms with Crippen LogP contribution in [-0.2, 0) is 0 Å². The molecule has 1 fully saturated rings. The second-order valence-electron chi connectivity index (χ2n) is 6.53. The molecule has 1 aliphatic heterocycles. The van der Waals surface area contributed by atoms with Gasteiger partial charge >= 0.3 is 0 Å². The number of pyridine rings is 1. The van der Waals surface area contributed by atoms with Gasteiger partial charge in [-0.25, -0.2) is 4.98 Å². The molecule has 0 spiro atoms. The summed E-state index contributed by atoms with van der Waals surface area (Å²) in [4.78, 5) is 19.0. The molecule has 1 aromatic carbocycles. The summed E-state index contributed by atoms with van der Waals surface area (Å²) in [6.45, 7) is 5.31. The largest absolute Gasteiger partial charge is 0.497 e. The number of hydrogen-bond donors (Lipinski definition) is 0. The van der Waals surface area contributed by atoms with Crippen molar-refractivity contribution < 1.29 is 14.3 Å². The first-order valence-corrected chi connectivity index (χ1v) is 8.63. The van der Waals surface area contributed by atoms with Crippen LogP contribution in [0.2, 0.25) is 0 Å². The van der Waals surface area contributed by atoms with Gasteiger partial charge < -0.3 is 14.4 Å². The molecular formula is C20H24N2O3. The molecule has 2 aromatic rings. The molecule has 5 nitrogen and oxygen atoms in total. The molecule has 0 N–H and O–H groups in total. The second-order valence-corrected chi connectivity index (χ2v) is 6.53. The van der Waals surface area contributed by atoms with Gasteiger partial charge in [-0.3, -0.25) is 4.79 Å². The summed E-state index contributed by atoms with van der Waals surface area (Å²) in [6.07, 6.45) is 2.59. The van der Waals surface area contributed by atoms with Crippen LogP contribution in [0.5, 0.6) is 11.5 Å². The van der Waals surface area contributed by atoms with Gasteiger partial charge in [0.05, 0.1) is 13.2 Å². The van der Waals surface area contributed by atoms with E-state index in [1.54, 1.807) is 25.4 Å². The summed E-state index contributed by atoms with van der Waals surface area (Å²) in [5.41, 5.74) is 1.63. The van der Waals surface area contributed by atoms with Crippen molar-refractivity contribution in [2.45, 2.75) is 32.3 Å². The Balaban J connectivity index is 1.72. The van der Waals surface area contributed by atoms with Crippen LogP contribution >= 0.6 is 0 Å². The van der Waals surface area contributed by atoms with E-state index in [4.69, 9.17) is 9.47 Å². The lowest BCUT2D eigenvalue weighted by Gasteiger charge is -2.19. The minimum atomic E-state index is -0.0627. The lowest BCUT2D eigenvalue weighted by atomic mass is 9.98. The van der Waals surface area contributed by atoms with E-state index in [0.29, 0.717) is 23.9 Å². The van der Waals surface area contributed by atoms with Crippen molar-refractivity contribution in [3.63, 3.8) is 0 Å². The quantitative estimate of drug-likeness (QED) is 0.836. The fourth-order valence-electron chi connectivity index (χ4n) is 3.14. The molecule has 25 heavy (non-hydrogen) atoms. The van der Waals surface area contributed by atoms with Crippen molar-refractivity contribution >= 4 is 5.91 Å². The van der Waals surface area contributed by atoms with Gasteiger partial charge in [0.25, 0.3) is 5.91 Å². The first-order chi connectivity index (χ1) is 12.1. The Hall–Kier alpha value is -2.56. The molecule has 132 valence electrons. The summed E-state index contributed by atoms with van der Waals surface area (Å²) in [5, 5.41) is 0. The third-order valence-electron chi connectivity index (χ3n) is 4.40. The molecule has 3 rings (SSSR count). The third-order valence-corrected chi connectivity index (χ3v) is 4.40. The van der Waals surface area contributed by atoms with E-state index in [-0.39, 0.29) is 12.0 Å². The zero-order chi connectivity index (χ0) is 17.8. The highest BCUT2D eigenvalue weighted by atomic mass is 16.5. The summed E-state index contributed by atoms with van der Waals surface area (Å²) < 4.78 is 10.9. The van der Waals surface area contributed by atoms with Gasteiger partial charge in [0.1, 0.15) is 5.75 Å². The van der Waals surface area contributed by atoms with Crippen LogP contribution < -0.4 is 9.47 Å². The molecule has 0 saturated carbocycles. The number of carbonyl (C=O) groups excluding carboxylic acids is 1. The number of ether oxygens (including phenoxy) is 2. The molecule has 0 unspecified atom stereocenters. The molecule has 1 amide bonds. The predicted octanol–water partition coefficient (Wildman–Crippen LogP) is 3.51. The Morgan fingerprint density at radius 3 is 2.68 bits per heavy atom. The van der Waals surface area contributed by atoms with E-state index in [1.165, 1.54) is 5.56 Å². The summed E-state index contributed by atoms with van der Waals surface area (Å²) in [7, 11) is 1.66. The minimum absolute atomic E-state index is 0.00127. The molecule has 1 aromatic heterocycles. The molecule has 0 bridgehead atoms. The number of carbonyl (C=O) groups is 1. The zero-order valence-electron chi connectivity index (χ0n) is 14.9. The second kappa shape index (κ2) is 7.55. The first-order valence-electron chi connectivity index (χ1n) is 8.63. The van der Waals surface area contributed by atoms with Gasteiger partial charge in [0.2, 0.25) is 0 Å². The highest BCUT2D eigenvalue weighted by Gasteiger charge is 2.30. The van der Waals surface area contributed by atoms with Crippen molar-refractivity contribution in [1.29, 1.82) is 0 Å². The Morgan fingerprint density at radius 2 is 2.00 bits per heavy atom. The maximum absolute atomic E-state index is 12.9. The van der Waals surface area contributed by atoms with Crippen LogP contribution in [0, 0.1) is 0 Å². The minimum Gasteiger partial charge on any atom is -0.497 e. The summed E-state index contributed by atoms with van der Waals surface area (Å²) in [6, 6.07) is 11.7. The maximum atomic E-state index is 12.9. The zero-order valence-corrected chi connectivity index (χ0v) is 14.9. The van der Waals surface area contributed by atoms with Crippen LogP contribution in [0.25, 0.3) is 0 Å². The Morgan fingerprint density at radius 1 is 1.24 bits per heavy atom. The van der Waals surface area contributed by atoms with Gasteiger partial charge in [0, 0.05) is 25.2 Å². The molecule has 0 aliphatic carbocycles. The molecule has 5 heteroatoms. The number of benzene rings is 1. The average molecular weight is 340 g/mol. The lowest BCUT2D eigenvalue weighted by molar-refractivity contribution is 0.0778. The topological polar surface area (TPSA) is 51.7 Å². The van der Waals surface area contributed by atoms with Crippen LogP contribution in [0.15, 0.2) is 42.6 Å². The standard InChI is InChI=1S/C20H24N2O3/c1-14(2)25-18-5-4-11-21-19(18)20(23)22-12-10-16(13-22)15-6-8-17(24-3)9-7-15/h4-9,11,14,16H,10,12-13H2,1-3H3/t16-/m1/s1. The van der Waals surface area contributed by atoms with E-state index in [1.807, 2.05) is 30.9 Å². The maximum Gasteiger partial charge on any atom is 0.276 e. The fourth-order valence-corrected chi connectivity index (χ4v) is 3.14. The van der Waals surface area contributed by atoms with Gasteiger partial charge in [-0.05, 0) is 50.1 Å². The summed E-state index contributed by atoms with van der Waals surface area (Å²) >= 11 is 0. The van der Waals surface area contributed by atoms with Crippen molar-refractivity contribution in [3.05, 3.63) is 53.9 Å². The first kappa shape index (κ1) is 17.3. The van der Waals surface area contributed by atoms with Crippen molar-refractivity contribution in [2.24, 2.45) is 0 Å². The van der Waals surface area contributed by atoms with E-state index in [2.05, 4.69) is 17.1 Å². The highest BCUT2D eigenvalue weighted by molar-refractivity contribution is 5.95. The van der Waals surface area contributed by atoms with Gasteiger partial charge in [0.15, 0.2) is 11.4 Å². The molecule has 1 aliphatic rings. The van der Waals surface area contributed by atoms with E-state index in [0.717, 1.165) is 18.7 Å². The fraction of sp³-hybridized carbons (Fsp3) is 0.400. The number of hydrogen-bond acceptors (Lipinski definition) is 4. The highest BCUT2D eigenvalue weighted by Crippen LogP contribution is 2.30. The number of nitrogens with zero attached hydrogens (tertiary/aromatic N) is 2. The van der Waals surface area contributed by atoms with E-state index < -0.39 is 0 Å². The normalized spacial score (nSPS) is 17.0. The Kier molecular flexibility index (Phi) is 5.22. The van der Waals surface area contributed by atoms with E-state index >= 15 is 0 Å². The number of aromatic nitrogens is 1. The molecular weight excluding hydrogens is 316 g/mol. The monoisotopic (exact) mass is 340 g/mol. The molecule has 2 heterocycles. The van der Waals surface area contributed by atoms with E-state index in [9.17, 15) is 4.79 Å². The Bertz CT molecular complexity index is 728. The SMILES string of the molecule is COc1ccc([C@@H]2CCN(C(=O)c3ncccc3OC(C)C)C2)cc1. The van der Waals surface area contributed by atoms with Crippen LogP contribution in [0.4, 0.5) is 0 Å². The van der Waals surface area contributed by atoms with Crippen LogP contribution in [0.1, 0.15) is 42.2 Å². The smallest absolute Gasteiger partial charge is 0.276 e. The third kappa shape index (κ3) is 3.92. The number of methoxy groups -OCH3 is 1. The number of amides is 1. The predicted molar refractivity (Wildman–Crippen MR) is 96.3 cm³/mol. The van der Waals surface area contributed by atoms with Crippen molar-refractivity contribution in [2.75, 3.05) is 20.2 Å². The number of likely N-dealkylation sites (tertiary alicyclic amines) is 1. The average Bonchev–Trinajstić information content (AvgIpc) is 3.11. The number of rotatable bonds is 5. The van der Waals surface area contributed by atoms with Crippen molar-refractivity contribution in [1.82, 2.24) is 9.88 Å². The van der Waals surface area contributed by atoms with Gasteiger partial charge in [-0.2, -0.15) is 0 Å². The summed E-state index contributed by atoms with van der Waals surface area (Å²) in [5.74, 6) is 1.68. The van der Waals surface area contributed by atoms with Crippen LogP contribution in [0.3, 0.4) is 0 Å². The lowest BCUT2D eigenvalue weighted by Crippen LogP contribution is -2.30. The molecule has 1 saturated heterocycles. The Labute approximate surface area is 148 Å². The van der Waals surface area contributed by atoms with Crippen LogP contribution in [-0.4, -0.2) is 42.1 Å². The van der Waals surface area contributed by atoms with Gasteiger partial charge in [-0.1, -0.05) is 12.1 Å².